The summed E-state index contributed by atoms with van der Waals surface area (Å²) in [5.74, 6) is -0.254. The number of nitrogens with one attached hydrogen (secondary N) is 1. The smallest absolute Gasteiger partial charge is 0.390 e. The van der Waals surface area contributed by atoms with Gasteiger partial charge in [-0.05, 0) is 12.8 Å². The van der Waals surface area contributed by atoms with Gasteiger partial charge < -0.3 is 24.9 Å². The van der Waals surface area contributed by atoms with Gasteiger partial charge in [-0.3, -0.25) is 13.8 Å². The number of carbonyl (C=O) groups excluding carboxylic acids is 1. The van der Waals surface area contributed by atoms with Crippen molar-refractivity contribution in [2.75, 3.05) is 40.9 Å². The summed E-state index contributed by atoms with van der Waals surface area (Å²) in [6, 6.07) is -1.03. The predicted molar refractivity (Wildman–Crippen MR) is 228 cm³/mol. The number of phosphoric acid groups is 1. The number of hydrogen-bond acceptors (Lipinski definition) is 6. The molecular formula is C44H92N2O7P+. The topological polar surface area (TPSA) is 125 Å². The van der Waals surface area contributed by atoms with Crippen LogP contribution in [-0.4, -0.2) is 84.6 Å². The van der Waals surface area contributed by atoms with Crippen molar-refractivity contribution in [3.8, 4) is 0 Å². The Morgan fingerprint density at radius 3 is 1.30 bits per heavy atom. The Labute approximate surface area is 334 Å². The monoisotopic (exact) mass is 792 g/mol. The highest BCUT2D eigenvalue weighted by molar-refractivity contribution is 7.47. The number of hydrogen-bond donors (Lipinski definition) is 4. The van der Waals surface area contributed by atoms with Crippen LogP contribution in [0.15, 0.2) is 0 Å². The molecule has 4 N–H and O–H groups in total. The first-order chi connectivity index (χ1) is 25.9. The van der Waals surface area contributed by atoms with Gasteiger partial charge in [-0.2, -0.15) is 0 Å². The maximum Gasteiger partial charge on any atom is 0.472 e. The third kappa shape index (κ3) is 37.1. The summed E-state index contributed by atoms with van der Waals surface area (Å²) in [5.41, 5.74) is 0. The Hall–Kier alpha value is -0.540. The number of unbranched alkanes of at least 4 members (excludes halogenated alkanes) is 28. The van der Waals surface area contributed by atoms with Gasteiger partial charge in [-0.15, -0.1) is 0 Å². The van der Waals surface area contributed by atoms with Gasteiger partial charge in [0, 0.05) is 6.42 Å². The van der Waals surface area contributed by atoms with Crippen LogP contribution in [0.2, 0.25) is 0 Å². The molecule has 54 heavy (non-hydrogen) atoms. The molecule has 324 valence electrons. The molecule has 0 bridgehead atoms. The number of carbonyl (C=O) groups is 1. The number of phosphoric ester groups is 1. The second-order valence-electron chi connectivity index (χ2n) is 17.3. The number of nitrogens with zero attached hydrogens (tertiary/aromatic N) is 1. The lowest BCUT2D eigenvalue weighted by atomic mass is 9.99. The molecule has 0 aromatic heterocycles. The Morgan fingerprint density at radius 2 is 0.926 bits per heavy atom. The van der Waals surface area contributed by atoms with E-state index in [-0.39, 0.29) is 12.5 Å². The second-order valence-corrected chi connectivity index (χ2v) is 18.7. The molecule has 0 fully saturated rings. The molecule has 0 saturated carbocycles. The molecular weight excluding hydrogens is 699 g/mol. The standard InChI is InChI=1S/C44H91N2O7P/c1-6-8-10-12-14-16-18-20-21-22-23-24-25-27-29-31-33-35-37-43(48)45-41(40-53-54(50,51)52-39-38-46(3,4)5)44(49)42(47)36-34-32-30-28-26-19-17-15-13-11-9-7-2/h41-42,44,47,49H,6-40H2,1-5H3,(H-,45,48,50,51)/p+1. The first-order valence-electron chi connectivity index (χ1n) is 23.0. The van der Waals surface area contributed by atoms with E-state index >= 15 is 0 Å². The predicted octanol–water partition coefficient (Wildman–Crippen LogP) is 11.6. The summed E-state index contributed by atoms with van der Waals surface area (Å²) in [6.45, 7) is 4.62. The first-order valence-corrected chi connectivity index (χ1v) is 24.5. The minimum Gasteiger partial charge on any atom is -0.390 e. The van der Waals surface area contributed by atoms with Crippen molar-refractivity contribution in [3.63, 3.8) is 0 Å². The fraction of sp³-hybridized carbons (Fsp3) is 0.977. The van der Waals surface area contributed by atoms with E-state index in [0.717, 1.165) is 38.5 Å². The van der Waals surface area contributed by atoms with Crippen LogP contribution in [0.25, 0.3) is 0 Å². The van der Waals surface area contributed by atoms with Gasteiger partial charge in [0.25, 0.3) is 0 Å². The van der Waals surface area contributed by atoms with Crippen LogP contribution in [0.4, 0.5) is 0 Å². The van der Waals surface area contributed by atoms with E-state index in [1.165, 1.54) is 154 Å². The van der Waals surface area contributed by atoms with Crippen molar-refractivity contribution >= 4 is 13.7 Å². The maximum atomic E-state index is 12.9. The van der Waals surface area contributed by atoms with E-state index in [1.54, 1.807) is 0 Å². The lowest BCUT2D eigenvalue weighted by Gasteiger charge is -2.28. The van der Waals surface area contributed by atoms with Crippen LogP contribution < -0.4 is 5.32 Å². The molecule has 0 aromatic carbocycles. The third-order valence-electron chi connectivity index (χ3n) is 10.7. The van der Waals surface area contributed by atoms with Gasteiger partial charge in [0.05, 0.1) is 39.9 Å². The quantitative estimate of drug-likeness (QED) is 0.0275. The minimum absolute atomic E-state index is 0.0256. The first kappa shape index (κ1) is 53.5. The normalized spacial score (nSPS) is 14.9. The van der Waals surface area contributed by atoms with Crippen molar-refractivity contribution in [2.45, 2.75) is 238 Å². The van der Waals surface area contributed by atoms with Gasteiger partial charge in [0.1, 0.15) is 19.3 Å². The van der Waals surface area contributed by atoms with Gasteiger partial charge in [0.2, 0.25) is 5.91 Å². The zero-order valence-corrected chi connectivity index (χ0v) is 37.2. The van der Waals surface area contributed by atoms with E-state index in [1.807, 2.05) is 21.1 Å². The number of aliphatic hydroxyl groups is 2. The fourth-order valence-corrected chi connectivity index (χ4v) is 7.70. The van der Waals surface area contributed by atoms with Crippen LogP contribution in [0.3, 0.4) is 0 Å². The Bertz CT molecular complexity index is 872. The number of rotatable bonds is 42. The van der Waals surface area contributed by atoms with Crippen molar-refractivity contribution in [1.29, 1.82) is 0 Å². The molecule has 0 radical (unpaired) electrons. The average molecular weight is 792 g/mol. The molecule has 4 unspecified atom stereocenters. The van der Waals surface area contributed by atoms with Crippen LogP contribution in [-0.2, 0) is 18.4 Å². The highest BCUT2D eigenvalue weighted by Crippen LogP contribution is 2.43. The van der Waals surface area contributed by atoms with Crippen molar-refractivity contribution in [2.24, 2.45) is 0 Å². The molecule has 0 rings (SSSR count). The fourth-order valence-electron chi connectivity index (χ4n) is 6.97. The minimum atomic E-state index is -4.41. The number of quaternary nitrogens is 1. The van der Waals surface area contributed by atoms with E-state index < -0.39 is 32.7 Å². The highest BCUT2D eigenvalue weighted by Gasteiger charge is 2.31. The van der Waals surface area contributed by atoms with E-state index in [2.05, 4.69) is 19.2 Å². The molecule has 9 nitrogen and oxygen atoms in total. The third-order valence-corrected chi connectivity index (χ3v) is 11.7. The molecule has 0 aromatic rings. The summed E-state index contributed by atoms with van der Waals surface area (Å²) in [5, 5.41) is 24.7. The molecule has 0 spiro atoms. The molecule has 0 heterocycles. The summed E-state index contributed by atoms with van der Waals surface area (Å²) >= 11 is 0. The molecule has 0 aliphatic heterocycles. The molecule has 0 aliphatic carbocycles. The lowest BCUT2D eigenvalue weighted by Crippen LogP contribution is -2.51. The Balaban J connectivity index is 4.41. The molecule has 0 saturated heterocycles. The summed E-state index contributed by atoms with van der Waals surface area (Å²) in [4.78, 5) is 23.2. The summed E-state index contributed by atoms with van der Waals surface area (Å²) < 4.78 is 23.5. The van der Waals surface area contributed by atoms with E-state index in [0.29, 0.717) is 23.9 Å². The number of aliphatic hydroxyl groups excluding tert-OH is 2. The van der Waals surface area contributed by atoms with Crippen molar-refractivity contribution in [1.82, 2.24) is 5.32 Å². The summed E-state index contributed by atoms with van der Waals surface area (Å²) in [6.07, 6.45) is 35.8. The lowest BCUT2D eigenvalue weighted by molar-refractivity contribution is -0.870. The number of amides is 1. The van der Waals surface area contributed by atoms with Crippen LogP contribution in [0.5, 0.6) is 0 Å². The highest BCUT2D eigenvalue weighted by atomic mass is 31.2. The Morgan fingerprint density at radius 1 is 0.574 bits per heavy atom. The number of likely N-dealkylation sites (N-methyl/N-ethyl adjacent to an activating group) is 1. The zero-order valence-electron chi connectivity index (χ0n) is 36.3. The molecule has 10 heteroatoms. The van der Waals surface area contributed by atoms with Gasteiger partial charge in [0.15, 0.2) is 0 Å². The molecule has 1 amide bonds. The summed E-state index contributed by atoms with van der Waals surface area (Å²) in [7, 11) is 1.45. The van der Waals surface area contributed by atoms with E-state index in [9.17, 15) is 24.5 Å². The van der Waals surface area contributed by atoms with Crippen molar-refractivity contribution < 1.29 is 38.0 Å². The van der Waals surface area contributed by atoms with E-state index in [4.69, 9.17) is 9.05 Å². The van der Waals surface area contributed by atoms with Gasteiger partial charge in [-0.25, -0.2) is 4.57 Å². The van der Waals surface area contributed by atoms with Crippen LogP contribution in [0.1, 0.15) is 219 Å². The molecule has 0 aliphatic rings. The average Bonchev–Trinajstić information content (AvgIpc) is 3.12. The maximum absolute atomic E-state index is 12.9. The van der Waals surface area contributed by atoms with Gasteiger partial charge >= 0.3 is 7.82 Å². The largest absolute Gasteiger partial charge is 0.472 e. The van der Waals surface area contributed by atoms with Crippen LogP contribution >= 0.6 is 7.82 Å². The van der Waals surface area contributed by atoms with Crippen molar-refractivity contribution in [3.05, 3.63) is 0 Å². The zero-order chi connectivity index (χ0) is 40.2. The van der Waals surface area contributed by atoms with Gasteiger partial charge in [-0.1, -0.05) is 200 Å². The SMILES string of the molecule is CCCCCCCCCCCCCCCCCCCCC(=O)NC(COP(=O)(O)OCC[N+](C)(C)C)C(O)C(O)CCCCCCCCCCCCCC. The van der Waals surface area contributed by atoms with Crippen LogP contribution in [0, 0.1) is 0 Å². The second kappa shape index (κ2) is 36.8. The molecule has 4 atom stereocenters. The Kier molecular flexibility index (Phi) is 36.4.